The van der Waals surface area contributed by atoms with Gasteiger partial charge in [-0.1, -0.05) is 60.1 Å². The fourth-order valence-corrected chi connectivity index (χ4v) is 3.90. The van der Waals surface area contributed by atoms with E-state index in [-0.39, 0.29) is 18.4 Å². The Bertz CT molecular complexity index is 1090. The predicted molar refractivity (Wildman–Crippen MR) is 116 cm³/mol. The highest BCUT2D eigenvalue weighted by Crippen LogP contribution is 2.27. The van der Waals surface area contributed by atoms with Crippen LogP contribution >= 0.6 is 22.9 Å². The maximum Gasteiger partial charge on any atom is 0.236 e. The fraction of sp³-hybridized carbons (Fsp3) is 0.130. The zero-order valence-electron chi connectivity index (χ0n) is 15.8. The van der Waals surface area contributed by atoms with Gasteiger partial charge in [0, 0.05) is 5.02 Å². The third-order valence-electron chi connectivity index (χ3n) is 4.59. The summed E-state index contributed by atoms with van der Waals surface area (Å²) in [6, 6.07) is 21.0. The maximum atomic E-state index is 12.9. The molecule has 2 aromatic heterocycles. The van der Waals surface area contributed by atoms with E-state index in [9.17, 15) is 4.79 Å². The average molecular weight is 423 g/mol. The van der Waals surface area contributed by atoms with E-state index in [1.54, 1.807) is 11.3 Å². The maximum absolute atomic E-state index is 12.9. The summed E-state index contributed by atoms with van der Waals surface area (Å²) in [5.41, 5.74) is 2.61. The summed E-state index contributed by atoms with van der Waals surface area (Å²) in [6.45, 7) is 1.83. The van der Waals surface area contributed by atoms with Crippen LogP contribution in [-0.2, 0) is 11.2 Å². The highest BCUT2D eigenvalue weighted by Gasteiger charge is 2.20. The number of hydrogen-bond donors (Lipinski definition) is 1. The lowest BCUT2D eigenvalue weighted by molar-refractivity contribution is -0.121. The van der Waals surface area contributed by atoms with E-state index in [0.717, 1.165) is 16.0 Å². The second kappa shape index (κ2) is 8.64. The predicted octanol–water partition coefficient (Wildman–Crippen LogP) is 5.81. The average Bonchev–Trinajstić information content (AvgIpc) is 3.38. The van der Waals surface area contributed by atoms with Gasteiger partial charge in [0.1, 0.15) is 5.76 Å². The Balaban J connectivity index is 1.55. The number of carbonyl (C=O) groups is 1. The highest BCUT2D eigenvalue weighted by molar-refractivity contribution is 7.13. The SMILES string of the molecule is Cc1oc(-c2cccs2)nc1CC(=O)NC(c1ccccc1)c1ccc(Cl)cc1. The minimum atomic E-state index is -0.273. The lowest BCUT2D eigenvalue weighted by Crippen LogP contribution is -2.30. The zero-order valence-corrected chi connectivity index (χ0v) is 17.3. The summed E-state index contributed by atoms with van der Waals surface area (Å²) in [5.74, 6) is 1.09. The van der Waals surface area contributed by atoms with Crippen molar-refractivity contribution >= 4 is 28.8 Å². The van der Waals surface area contributed by atoms with Crippen molar-refractivity contribution in [1.29, 1.82) is 0 Å². The van der Waals surface area contributed by atoms with Crippen molar-refractivity contribution in [3.63, 3.8) is 0 Å². The molecule has 0 fully saturated rings. The van der Waals surface area contributed by atoms with Gasteiger partial charge in [0.25, 0.3) is 0 Å². The van der Waals surface area contributed by atoms with Crippen molar-refractivity contribution in [3.8, 4) is 10.8 Å². The molecule has 0 radical (unpaired) electrons. The fourth-order valence-electron chi connectivity index (χ4n) is 3.12. The van der Waals surface area contributed by atoms with Gasteiger partial charge in [0.15, 0.2) is 0 Å². The van der Waals surface area contributed by atoms with Gasteiger partial charge in [-0.05, 0) is 41.6 Å². The molecule has 2 heterocycles. The first-order valence-electron chi connectivity index (χ1n) is 9.20. The van der Waals surface area contributed by atoms with Gasteiger partial charge in [-0.3, -0.25) is 4.79 Å². The van der Waals surface area contributed by atoms with E-state index in [2.05, 4.69) is 10.3 Å². The van der Waals surface area contributed by atoms with E-state index < -0.39 is 0 Å². The molecule has 1 N–H and O–H groups in total. The molecule has 0 saturated heterocycles. The summed E-state index contributed by atoms with van der Waals surface area (Å²) in [7, 11) is 0. The monoisotopic (exact) mass is 422 g/mol. The third kappa shape index (κ3) is 4.58. The van der Waals surface area contributed by atoms with E-state index in [1.165, 1.54) is 0 Å². The summed E-state index contributed by atoms with van der Waals surface area (Å²) in [6.07, 6.45) is 0.150. The van der Waals surface area contributed by atoms with Crippen molar-refractivity contribution in [1.82, 2.24) is 10.3 Å². The van der Waals surface area contributed by atoms with Gasteiger partial charge in [-0.15, -0.1) is 11.3 Å². The molecule has 6 heteroatoms. The molecule has 2 aromatic carbocycles. The number of aryl methyl sites for hydroxylation is 1. The van der Waals surface area contributed by atoms with Gasteiger partial charge in [0.05, 0.1) is 23.0 Å². The van der Waals surface area contributed by atoms with Crippen LogP contribution < -0.4 is 5.32 Å². The normalized spacial score (nSPS) is 11.9. The van der Waals surface area contributed by atoms with Crippen molar-refractivity contribution in [3.05, 3.63) is 99.7 Å². The summed E-state index contributed by atoms with van der Waals surface area (Å²) in [5, 5.41) is 5.76. The number of aromatic nitrogens is 1. The number of carbonyl (C=O) groups excluding carboxylic acids is 1. The molecular weight excluding hydrogens is 404 g/mol. The largest absolute Gasteiger partial charge is 0.440 e. The van der Waals surface area contributed by atoms with Crippen LogP contribution in [0.4, 0.5) is 0 Å². The molecule has 4 aromatic rings. The molecule has 0 bridgehead atoms. The molecule has 0 aliphatic rings. The number of rotatable bonds is 6. The molecule has 4 nitrogen and oxygen atoms in total. The van der Waals surface area contributed by atoms with Gasteiger partial charge in [-0.2, -0.15) is 0 Å². The smallest absolute Gasteiger partial charge is 0.236 e. The molecule has 0 spiro atoms. The Morgan fingerprint density at radius 2 is 1.79 bits per heavy atom. The number of oxazole rings is 1. The van der Waals surface area contributed by atoms with Gasteiger partial charge >= 0.3 is 0 Å². The van der Waals surface area contributed by atoms with Crippen molar-refractivity contribution in [2.45, 2.75) is 19.4 Å². The first kappa shape index (κ1) is 19.4. The molecule has 1 unspecified atom stereocenters. The lowest BCUT2D eigenvalue weighted by Gasteiger charge is -2.20. The van der Waals surface area contributed by atoms with E-state index >= 15 is 0 Å². The topological polar surface area (TPSA) is 55.1 Å². The number of nitrogens with zero attached hydrogens (tertiary/aromatic N) is 1. The van der Waals surface area contributed by atoms with Crippen LogP contribution in [0.25, 0.3) is 10.8 Å². The zero-order chi connectivity index (χ0) is 20.2. The number of amides is 1. The van der Waals surface area contributed by atoms with E-state index in [4.69, 9.17) is 16.0 Å². The molecular formula is C23H19ClN2O2S. The van der Waals surface area contributed by atoms with Gasteiger partial charge < -0.3 is 9.73 Å². The Morgan fingerprint density at radius 3 is 2.48 bits per heavy atom. The van der Waals surface area contributed by atoms with Gasteiger partial charge in [-0.25, -0.2) is 4.98 Å². The Morgan fingerprint density at radius 1 is 1.07 bits per heavy atom. The minimum Gasteiger partial charge on any atom is -0.440 e. The minimum absolute atomic E-state index is 0.122. The summed E-state index contributed by atoms with van der Waals surface area (Å²) >= 11 is 7.59. The van der Waals surface area contributed by atoms with Crippen LogP contribution in [0.3, 0.4) is 0 Å². The summed E-state index contributed by atoms with van der Waals surface area (Å²) in [4.78, 5) is 18.3. The molecule has 1 atom stereocenters. The second-order valence-corrected chi connectivity index (χ2v) is 8.02. The Labute approximate surface area is 178 Å². The van der Waals surface area contributed by atoms with Crippen LogP contribution in [0.5, 0.6) is 0 Å². The first-order chi connectivity index (χ1) is 14.1. The van der Waals surface area contributed by atoms with Crippen molar-refractivity contribution < 1.29 is 9.21 Å². The third-order valence-corrected chi connectivity index (χ3v) is 5.70. The summed E-state index contributed by atoms with van der Waals surface area (Å²) < 4.78 is 5.75. The number of benzene rings is 2. The molecule has 0 aliphatic carbocycles. The van der Waals surface area contributed by atoms with E-state index in [0.29, 0.717) is 22.4 Å². The molecule has 146 valence electrons. The molecule has 29 heavy (non-hydrogen) atoms. The molecule has 0 saturated carbocycles. The van der Waals surface area contributed by atoms with E-state index in [1.807, 2.05) is 79.0 Å². The number of nitrogens with one attached hydrogen (secondary N) is 1. The Hall–Kier alpha value is -2.89. The standard InChI is InChI=1S/C23H19ClN2O2S/c1-15-19(25-23(28-15)20-8-5-13-29-20)14-21(27)26-22(16-6-3-2-4-7-16)17-9-11-18(24)12-10-17/h2-13,22H,14H2,1H3,(H,26,27). The van der Waals surface area contributed by atoms with Crippen LogP contribution in [0.2, 0.25) is 5.02 Å². The Kier molecular flexibility index (Phi) is 5.79. The van der Waals surface area contributed by atoms with Crippen LogP contribution in [-0.4, -0.2) is 10.9 Å². The van der Waals surface area contributed by atoms with Crippen LogP contribution in [0.1, 0.15) is 28.6 Å². The first-order valence-corrected chi connectivity index (χ1v) is 10.5. The lowest BCUT2D eigenvalue weighted by atomic mass is 9.98. The number of hydrogen-bond acceptors (Lipinski definition) is 4. The molecule has 0 aliphatic heterocycles. The van der Waals surface area contributed by atoms with Crippen LogP contribution in [0.15, 0.2) is 76.5 Å². The highest BCUT2D eigenvalue weighted by atomic mass is 35.5. The quantitative estimate of drug-likeness (QED) is 0.426. The second-order valence-electron chi connectivity index (χ2n) is 6.64. The molecule has 4 rings (SSSR count). The van der Waals surface area contributed by atoms with Crippen molar-refractivity contribution in [2.75, 3.05) is 0 Å². The number of thiophene rings is 1. The van der Waals surface area contributed by atoms with Crippen molar-refractivity contribution in [2.24, 2.45) is 0 Å². The van der Waals surface area contributed by atoms with Crippen LogP contribution in [0, 0.1) is 6.92 Å². The van der Waals surface area contributed by atoms with Gasteiger partial charge in [0.2, 0.25) is 11.8 Å². The number of halogens is 1. The molecule has 1 amide bonds.